The number of hydrogen-bond acceptors (Lipinski definition) is 4. The van der Waals surface area contributed by atoms with E-state index in [9.17, 15) is 13.2 Å². The van der Waals surface area contributed by atoms with Gasteiger partial charge in [-0.25, -0.2) is 4.98 Å². The van der Waals surface area contributed by atoms with E-state index in [1.54, 1.807) is 6.08 Å². The van der Waals surface area contributed by atoms with Crippen molar-refractivity contribution in [1.29, 1.82) is 0 Å². The van der Waals surface area contributed by atoms with Crippen molar-refractivity contribution in [2.24, 2.45) is 0 Å². The Morgan fingerprint density at radius 1 is 1.20 bits per heavy atom. The van der Waals surface area contributed by atoms with Gasteiger partial charge in [0.25, 0.3) is 0 Å². The van der Waals surface area contributed by atoms with Crippen LogP contribution in [0.3, 0.4) is 0 Å². The fourth-order valence-corrected chi connectivity index (χ4v) is 3.89. The molecule has 1 aliphatic heterocycles. The smallest absolute Gasteiger partial charge is 0.399 e. The summed E-state index contributed by atoms with van der Waals surface area (Å²) in [6.45, 7) is 9.81. The van der Waals surface area contributed by atoms with E-state index in [-0.39, 0.29) is 5.92 Å². The number of alkyl halides is 3. The Bertz CT molecular complexity index is 721. The van der Waals surface area contributed by atoms with E-state index in [0.717, 1.165) is 21.6 Å². The van der Waals surface area contributed by atoms with Crippen LogP contribution in [0.4, 0.5) is 13.2 Å². The molecule has 3 nitrogen and oxygen atoms in total. The standard InChI is InChI=1S/C17H21BF3NO2S/c1-10-13(18-23-15(2,3)16(4,5)24-18)25-14(22-10)11-6-8-12(9-7-11)17(19,20)21/h6,8-9,11H,7H2,1-5H3. The third kappa shape index (κ3) is 3.44. The molecule has 0 radical (unpaired) electrons. The van der Waals surface area contributed by atoms with Crippen molar-refractivity contribution in [1.82, 2.24) is 4.98 Å². The summed E-state index contributed by atoms with van der Waals surface area (Å²) in [5.41, 5.74) is -0.673. The number of halogens is 3. The largest absolute Gasteiger partial charge is 0.507 e. The third-order valence-electron chi connectivity index (χ3n) is 5.06. The van der Waals surface area contributed by atoms with Gasteiger partial charge in [-0.1, -0.05) is 18.2 Å². The Labute approximate surface area is 150 Å². The summed E-state index contributed by atoms with van der Waals surface area (Å²) < 4.78 is 51.2. The number of rotatable bonds is 2. The molecule has 3 rings (SSSR count). The number of allylic oxidation sites excluding steroid dienone is 4. The minimum atomic E-state index is -4.30. The molecule has 2 aliphatic rings. The van der Waals surface area contributed by atoms with Crippen molar-refractivity contribution in [2.75, 3.05) is 0 Å². The predicted octanol–water partition coefficient (Wildman–Crippen LogP) is 4.28. The zero-order chi connectivity index (χ0) is 18.6. The van der Waals surface area contributed by atoms with Crippen LogP contribution in [0, 0.1) is 6.92 Å². The highest BCUT2D eigenvalue weighted by atomic mass is 32.1. The Morgan fingerprint density at radius 3 is 2.28 bits per heavy atom. The van der Waals surface area contributed by atoms with Crippen LogP contribution in [0.5, 0.6) is 0 Å². The van der Waals surface area contributed by atoms with Gasteiger partial charge in [0, 0.05) is 11.6 Å². The maximum Gasteiger partial charge on any atom is 0.507 e. The first kappa shape index (κ1) is 18.7. The van der Waals surface area contributed by atoms with E-state index in [4.69, 9.17) is 9.31 Å². The molecule has 136 valence electrons. The van der Waals surface area contributed by atoms with Gasteiger partial charge in [-0.15, -0.1) is 11.3 Å². The van der Waals surface area contributed by atoms with Gasteiger partial charge in [-0.05, 0) is 41.0 Å². The van der Waals surface area contributed by atoms with Crippen LogP contribution in [-0.2, 0) is 9.31 Å². The summed E-state index contributed by atoms with van der Waals surface area (Å²) in [5, 5.41) is 0.788. The Kier molecular flexibility index (Phi) is 4.45. The summed E-state index contributed by atoms with van der Waals surface area (Å²) in [7, 11) is -0.495. The summed E-state index contributed by atoms with van der Waals surface area (Å²) in [5.74, 6) is -0.147. The molecule has 2 heterocycles. The molecule has 8 heteroatoms. The summed E-state index contributed by atoms with van der Waals surface area (Å²) in [6.07, 6.45) is -0.0560. The maximum atomic E-state index is 12.7. The number of aryl methyl sites for hydroxylation is 1. The number of hydrogen-bond donors (Lipinski definition) is 0. The number of aromatic nitrogens is 1. The van der Waals surface area contributed by atoms with Crippen LogP contribution in [-0.4, -0.2) is 29.5 Å². The van der Waals surface area contributed by atoms with Gasteiger partial charge < -0.3 is 9.31 Å². The highest BCUT2D eigenvalue weighted by molar-refractivity contribution is 7.22. The molecule has 1 saturated heterocycles. The van der Waals surface area contributed by atoms with Crippen LogP contribution < -0.4 is 4.78 Å². The SMILES string of the molecule is Cc1nc(C2C=CC(C(F)(F)F)=CC2)sc1B1OC(C)(C)C(C)(C)O1. The van der Waals surface area contributed by atoms with E-state index < -0.39 is 30.1 Å². The van der Waals surface area contributed by atoms with Gasteiger partial charge >= 0.3 is 13.3 Å². The number of nitrogens with zero attached hydrogens (tertiary/aromatic N) is 1. The average Bonchev–Trinajstić information content (AvgIpc) is 2.96. The van der Waals surface area contributed by atoms with Crippen LogP contribution >= 0.6 is 11.3 Å². The maximum absolute atomic E-state index is 12.7. The normalized spacial score (nSPS) is 25.4. The van der Waals surface area contributed by atoms with Crippen molar-refractivity contribution in [3.8, 4) is 0 Å². The van der Waals surface area contributed by atoms with E-state index in [0.29, 0.717) is 6.42 Å². The van der Waals surface area contributed by atoms with E-state index >= 15 is 0 Å². The minimum absolute atomic E-state index is 0.147. The summed E-state index contributed by atoms with van der Waals surface area (Å²) in [6, 6.07) is 0. The second kappa shape index (κ2) is 5.96. The third-order valence-corrected chi connectivity index (χ3v) is 6.37. The first-order valence-electron chi connectivity index (χ1n) is 8.19. The quantitative estimate of drug-likeness (QED) is 0.728. The molecule has 1 aromatic heterocycles. The summed E-state index contributed by atoms with van der Waals surface area (Å²) in [4.78, 5) is 4.56. The van der Waals surface area contributed by atoms with Gasteiger partial charge in [0.05, 0.1) is 26.6 Å². The lowest BCUT2D eigenvalue weighted by Crippen LogP contribution is -2.41. The molecular weight excluding hydrogens is 350 g/mol. The molecule has 1 unspecified atom stereocenters. The Hall–Kier alpha value is -1.12. The van der Waals surface area contributed by atoms with Crippen molar-refractivity contribution in [2.45, 2.75) is 64.3 Å². The minimum Gasteiger partial charge on any atom is -0.399 e. The van der Waals surface area contributed by atoms with Crippen molar-refractivity contribution >= 4 is 23.2 Å². The van der Waals surface area contributed by atoms with Gasteiger partial charge in [0.15, 0.2) is 0 Å². The van der Waals surface area contributed by atoms with Gasteiger partial charge in [-0.2, -0.15) is 13.2 Å². The molecule has 0 N–H and O–H groups in total. The van der Waals surface area contributed by atoms with Crippen LogP contribution in [0.2, 0.25) is 0 Å². The summed E-state index contributed by atoms with van der Waals surface area (Å²) >= 11 is 1.45. The molecule has 0 amide bonds. The fourth-order valence-electron chi connectivity index (χ4n) is 2.77. The topological polar surface area (TPSA) is 31.4 Å². The monoisotopic (exact) mass is 371 g/mol. The molecule has 1 aromatic rings. The lowest BCUT2D eigenvalue weighted by molar-refractivity contribution is -0.0886. The van der Waals surface area contributed by atoms with Crippen molar-refractivity contribution < 1.29 is 22.5 Å². The Balaban J connectivity index is 1.79. The van der Waals surface area contributed by atoms with Crippen LogP contribution in [0.15, 0.2) is 23.8 Å². The van der Waals surface area contributed by atoms with Gasteiger partial charge in [0.2, 0.25) is 0 Å². The highest BCUT2D eigenvalue weighted by Gasteiger charge is 2.53. The molecular formula is C17H21BF3NO2S. The van der Waals surface area contributed by atoms with Gasteiger partial charge in [-0.3, -0.25) is 0 Å². The second-order valence-corrected chi connectivity index (χ2v) is 8.51. The van der Waals surface area contributed by atoms with E-state index in [1.807, 2.05) is 34.6 Å². The van der Waals surface area contributed by atoms with Gasteiger partial charge in [0.1, 0.15) is 0 Å². The van der Waals surface area contributed by atoms with Crippen molar-refractivity contribution in [3.63, 3.8) is 0 Å². The number of thiazole rings is 1. The Morgan fingerprint density at radius 2 is 1.80 bits per heavy atom. The molecule has 1 fully saturated rings. The highest BCUT2D eigenvalue weighted by Crippen LogP contribution is 2.38. The lowest BCUT2D eigenvalue weighted by Gasteiger charge is -2.32. The lowest BCUT2D eigenvalue weighted by atomic mass is 9.86. The molecule has 1 aliphatic carbocycles. The molecule has 0 spiro atoms. The molecule has 1 atom stereocenters. The zero-order valence-electron chi connectivity index (χ0n) is 14.9. The van der Waals surface area contributed by atoms with E-state index in [1.165, 1.54) is 17.4 Å². The molecule has 0 bridgehead atoms. The van der Waals surface area contributed by atoms with E-state index in [2.05, 4.69) is 4.98 Å². The fraction of sp³-hybridized carbons (Fsp3) is 0.588. The first-order chi connectivity index (χ1) is 11.4. The average molecular weight is 371 g/mol. The van der Waals surface area contributed by atoms with Crippen molar-refractivity contribution in [3.05, 3.63) is 34.5 Å². The van der Waals surface area contributed by atoms with Crippen LogP contribution in [0.25, 0.3) is 0 Å². The zero-order valence-corrected chi connectivity index (χ0v) is 15.7. The molecule has 0 saturated carbocycles. The molecule has 0 aromatic carbocycles. The molecule has 25 heavy (non-hydrogen) atoms. The van der Waals surface area contributed by atoms with Crippen LogP contribution in [0.1, 0.15) is 50.7 Å². The second-order valence-electron chi connectivity index (χ2n) is 7.45. The predicted molar refractivity (Wildman–Crippen MR) is 93.2 cm³/mol. The first-order valence-corrected chi connectivity index (χ1v) is 9.01.